The van der Waals surface area contributed by atoms with Crippen LogP contribution in [0, 0.1) is 0 Å². The predicted octanol–water partition coefficient (Wildman–Crippen LogP) is 3.74. The fraction of sp³-hybridized carbons (Fsp3) is 0.385. The van der Waals surface area contributed by atoms with E-state index in [-0.39, 0.29) is 0 Å². The SMILES string of the molecule is Oc1ccc2c(c1)CCC=C2CCCCl. The maximum Gasteiger partial charge on any atom is 0.115 e. The van der Waals surface area contributed by atoms with E-state index >= 15 is 0 Å². The summed E-state index contributed by atoms with van der Waals surface area (Å²) in [7, 11) is 0. The smallest absolute Gasteiger partial charge is 0.115 e. The molecule has 80 valence electrons. The number of halogens is 1. The zero-order valence-electron chi connectivity index (χ0n) is 8.67. The molecule has 0 spiro atoms. The van der Waals surface area contributed by atoms with Gasteiger partial charge in [0.25, 0.3) is 0 Å². The van der Waals surface area contributed by atoms with Crippen LogP contribution in [-0.4, -0.2) is 11.0 Å². The van der Waals surface area contributed by atoms with Gasteiger partial charge in [-0.1, -0.05) is 12.1 Å². The van der Waals surface area contributed by atoms with Crippen LogP contribution in [0.2, 0.25) is 0 Å². The number of phenolic OH excluding ortho intramolecular Hbond substituents is 1. The number of phenols is 1. The van der Waals surface area contributed by atoms with Gasteiger partial charge in [-0.05, 0) is 54.5 Å². The molecule has 0 atom stereocenters. The lowest BCUT2D eigenvalue weighted by Gasteiger charge is -2.17. The van der Waals surface area contributed by atoms with Gasteiger partial charge in [0.2, 0.25) is 0 Å². The van der Waals surface area contributed by atoms with Crippen LogP contribution in [0.25, 0.3) is 5.57 Å². The first-order valence-electron chi connectivity index (χ1n) is 5.38. The lowest BCUT2D eigenvalue weighted by Crippen LogP contribution is -1.99. The third-order valence-corrected chi connectivity index (χ3v) is 3.09. The number of aryl methyl sites for hydroxylation is 1. The molecule has 2 heteroatoms. The largest absolute Gasteiger partial charge is 0.508 e. The summed E-state index contributed by atoms with van der Waals surface area (Å²) >= 11 is 5.71. The number of rotatable bonds is 3. The van der Waals surface area contributed by atoms with Crippen molar-refractivity contribution in [1.82, 2.24) is 0 Å². The van der Waals surface area contributed by atoms with Crippen molar-refractivity contribution in [2.24, 2.45) is 0 Å². The van der Waals surface area contributed by atoms with Crippen LogP contribution >= 0.6 is 11.6 Å². The first-order valence-corrected chi connectivity index (χ1v) is 5.92. The Morgan fingerprint density at radius 1 is 1.33 bits per heavy atom. The maximum absolute atomic E-state index is 9.41. The van der Waals surface area contributed by atoms with Gasteiger partial charge in [-0.3, -0.25) is 0 Å². The molecule has 1 nitrogen and oxygen atoms in total. The molecule has 0 heterocycles. The molecule has 0 unspecified atom stereocenters. The zero-order valence-corrected chi connectivity index (χ0v) is 9.43. The van der Waals surface area contributed by atoms with Crippen molar-refractivity contribution in [3.05, 3.63) is 35.4 Å². The van der Waals surface area contributed by atoms with Crippen LogP contribution in [0.4, 0.5) is 0 Å². The van der Waals surface area contributed by atoms with Crippen molar-refractivity contribution in [2.45, 2.75) is 25.7 Å². The molecule has 1 N–H and O–H groups in total. The topological polar surface area (TPSA) is 20.2 Å². The second-order valence-electron chi connectivity index (χ2n) is 3.90. The molecule has 0 saturated heterocycles. The summed E-state index contributed by atoms with van der Waals surface area (Å²) in [4.78, 5) is 0. The Bertz CT molecular complexity index is 382. The Morgan fingerprint density at radius 3 is 3.00 bits per heavy atom. The lowest BCUT2D eigenvalue weighted by atomic mass is 9.88. The lowest BCUT2D eigenvalue weighted by molar-refractivity contribution is 0.474. The van der Waals surface area contributed by atoms with Gasteiger partial charge in [0, 0.05) is 5.88 Å². The zero-order chi connectivity index (χ0) is 10.7. The molecular weight excluding hydrogens is 208 g/mol. The Morgan fingerprint density at radius 2 is 2.20 bits per heavy atom. The number of alkyl halides is 1. The molecule has 0 fully saturated rings. The highest BCUT2D eigenvalue weighted by molar-refractivity contribution is 6.17. The van der Waals surface area contributed by atoms with E-state index in [1.165, 1.54) is 16.7 Å². The fourth-order valence-corrected chi connectivity index (χ4v) is 2.24. The van der Waals surface area contributed by atoms with Crippen LogP contribution in [0.1, 0.15) is 30.4 Å². The van der Waals surface area contributed by atoms with Crippen molar-refractivity contribution in [3.63, 3.8) is 0 Å². The number of allylic oxidation sites excluding steroid dienone is 2. The van der Waals surface area contributed by atoms with Gasteiger partial charge in [0.05, 0.1) is 0 Å². The first-order chi connectivity index (χ1) is 7.31. The Balaban J connectivity index is 2.26. The van der Waals surface area contributed by atoms with Crippen molar-refractivity contribution >= 4 is 17.2 Å². The van der Waals surface area contributed by atoms with Gasteiger partial charge >= 0.3 is 0 Å². The van der Waals surface area contributed by atoms with Gasteiger partial charge in [0.15, 0.2) is 0 Å². The van der Waals surface area contributed by atoms with Crippen molar-refractivity contribution in [1.29, 1.82) is 0 Å². The summed E-state index contributed by atoms with van der Waals surface area (Å²) in [5, 5.41) is 9.41. The highest BCUT2D eigenvalue weighted by Crippen LogP contribution is 2.31. The molecule has 1 aromatic rings. The van der Waals surface area contributed by atoms with Crippen LogP contribution < -0.4 is 0 Å². The van der Waals surface area contributed by atoms with E-state index < -0.39 is 0 Å². The summed E-state index contributed by atoms with van der Waals surface area (Å²) in [5.74, 6) is 1.08. The minimum absolute atomic E-state index is 0.368. The van der Waals surface area contributed by atoms with Crippen LogP contribution in [0.5, 0.6) is 5.75 Å². The quantitative estimate of drug-likeness (QED) is 0.773. The molecule has 0 saturated carbocycles. The fourth-order valence-electron chi connectivity index (χ4n) is 2.11. The van der Waals surface area contributed by atoms with Gasteiger partial charge in [-0.15, -0.1) is 11.6 Å². The molecule has 15 heavy (non-hydrogen) atoms. The van der Waals surface area contributed by atoms with E-state index in [9.17, 15) is 5.11 Å². The average Bonchev–Trinajstić information content (AvgIpc) is 2.25. The standard InChI is InChI=1S/C13H15ClO/c14-8-2-5-10-3-1-4-11-9-12(15)6-7-13(10)11/h3,6-7,9,15H,1-2,4-5,8H2. The number of benzene rings is 1. The van der Waals surface area contributed by atoms with E-state index in [1.807, 2.05) is 12.1 Å². The Labute approximate surface area is 95.4 Å². The number of hydrogen-bond donors (Lipinski definition) is 1. The molecule has 0 radical (unpaired) electrons. The van der Waals surface area contributed by atoms with Crippen molar-refractivity contribution in [2.75, 3.05) is 5.88 Å². The Hall–Kier alpha value is -0.950. The summed E-state index contributed by atoms with van der Waals surface area (Å²) in [6, 6.07) is 5.66. The van der Waals surface area contributed by atoms with Crippen molar-refractivity contribution in [3.8, 4) is 5.75 Å². The van der Waals surface area contributed by atoms with Gasteiger partial charge in [0.1, 0.15) is 5.75 Å². The second-order valence-corrected chi connectivity index (χ2v) is 4.28. The number of fused-ring (bicyclic) bond motifs is 1. The predicted molar refractivity (Wildman–Crippen MR) is 64.4 cm³/mol. The summed E-state index contributed by atoms with van der Waals surface area (Å²) in [6.07, 6.45) is 6.48. The number of hydrogen-bond acceptors (Lipinski definition) is 1. The van der Waals surface area contributed by atoms with E-state index in [0.717, 1.165) is 25.7 Å². The summed E-state index contributed by atoms with van der Waals surface area (Å²) in [5.41, 5.74) is 3.95. The minimum Gasteiger partial charge on any atom is -0.508 e. The van der Waals surface area contributed by atoms with Crippen molar-refractivity contribution < 1.29 is 5.11 Å². The van der Waals surface area contributed by atoms with Gasteiger partial charge < -0.3 is 5.11 Å². The second kappa shape index (κ2) is 4.71. The molecule has 1 aliphatic rings. The monoisotopic (exact) mass is 222 g/mol. The molecule has 2 rings (SSSR count). The molecule has 0 bridgehead atoms. The molecule has 0 aliphatic heterocycles. The third-order valence-electron chi connectivity index (χ3n) is 2.82. The normalized spacial score (nSPS) is 14.6. The van der Waals surface area contributed by atoms with E-state index in [2.05, 4.69) is 6.08 Å². The van der Waals surface area contributed by atoms with E-state index in [4.69, 9.17) is 11.6 Å². The highest BCUT2D eigenvalue weighted by Gasteiger charge is 2.12. The summed E-state index contributed by atoms with van der Waals surface area (Å²) in [6.45, 7) is 0. The first kappa shape index (κ1) is 10.6. The van der Waals surface area contributed by atoms with E-state index in [1.54, 1.807) is 6.07 Å². The van der Waals surface area contributed by atoms with Gasteiger partial charge in [-0.25, -0.2) is 0 Å². The van der Waals surface area contributed by atoms with Crippen LogP contribution in [0.15, 0.2) is 24.3 Å². The highest BCUT2D eigenvalue weighted by atomic mass is 35.5. The molecule has 1 aliphatic carbocycles. The molecule has 0 amide bonds. The number of aromatic hydroxyl groups is 1. The molecule has 1 aromatic carbocycles. The average molecular weight is 223 g/mol. The molecular formula is C13H15ClO. The molecule has 0 aromatic heterocycles. The van der Waals surface area contributed by atoms with Crippen LogP contribution in [-0.2, 0) is 6.42 Å². The minimum atomic E-state index is 0.368. The van der Waals surface area contributed by atoms with Crippen LogP contribution in [0.3, 0.4) is 0 Å². The van der Waals surface area contributed by atoms with E-state index in [0.29, 0.717) is 11.6 Å². The third kappa shape index (κ3) is 2.35. The Kier molecular flexibility index (Phi) is 3.32. The summed E-state index contributed by atoms with van der Waals surface area (Å²) < 4.78 is 0. The maximum atomic E-state index is 9.41. The van der Waals surface area contributed by atoms with Gasteiger partial charge in [-0.2, -0.15) is 0 Å².